The first-order valence-electron chi connectivity index (χ1n) is 6.24. The molecule has 2 aromatic carbocycles. The summed E-state index contributed by atoms with van der Waals surface area (Å²) in [6, 6.07) is 10.7. The van der Waals surface area contributed by atoms with Gasteiger partial charge in [0.2, 0.25) is 0 Å². The van der Waals surface area contributed by atoms with Gasteiger partial charge in [-0.2, -0.15) is 0 Å². The van der Waals surface area contributed by atoms with Crippen LogP contribution in [0.25, 0.3) is 21.2 Å². The van der Waals surface area contributed by atoms with Gasteiger partial charge < -0.3 is 10.4 Å². The van der Waals surface area contributed by atoms with Crippen LogP contribution in [0.15, 0.2) is 41.5 Å². The van der Waals surface area contributed by atoms with Crippen LogP contribution in [-0.4, -0.2) is 24.1 Å². The van der Waals surface area contributed by atoms with Gasteiger partial charge in [0, 0.05) is 23.4 Å². The van der Waals surface area contributed by atoms with Gasteiger partial charge in [-0.3, -0.25) is 4.79 Å². The largest absolute Gasteiger partial charge is 0.506 e. The second kappa shape index (κ2) is 6.45. The molecule has 0 unspecified atom stereocenters. The number of carbonyl (C=O) groups excluding carboxylic acids is 1. The van der Waals surface area contributed by atoms with Crippen molar-refractivity contribution < 1.29 is 9.90 Å². The minimum absolute atomic E-state index is 0.0179. The van der Waals surface area contributed by atoms with E-state index in [9.17, 15) is 9.90 Å². The van der Waals surface area contributed by atoms with Gasteiger partial charge in [-0.15, -0.1) is 0 Å². The Morgan fingerprint density at radius 3 is 2.90 bits per heavy atom. The molecule has 20 heavy (non-hydrogen) atoms. The Balaban J connectivity index is 2.10. The molecule has 0 aliphatic rings. The normalized spacial score (nSPS) is 10.0. The molecule has 6 nitrogen and oxygen atoms in total. The summed E-state index contributed by atoms with van der Waals surface area (Å²) < 4.78 is 0. The fourth-order valence-corrected chi connectivity index (χ4v) is 1.93. The lowest BCUT2D eigenvalue weighted by atomic mass is 10.0. The molecule has 0 saturated carbocycles. The maximum Gasteiger partial charge on any atom is 0.255 e. The quantitative estimate of drug-likeness (QED) is 0.378. The zero-order valence-electron chi connectivity index (χ0n) is 10.8. The van der Waals surface area contributed by atoms with Crippen LogP contribution in [0.3, 0.4) is 0 Å². The number of benzene rings is 2. The molecule has 2 rings (SSSR count). The molecule has 2 aromatic rings. The first-order valence-corrected chi connectivity index (χ1v) is 6.24. The molecule has 0 radical (unpaired) electrons. The maximum absolute atomic E-state index is 12.0. The lowest BCUT2D eigenvalue weighted by Gasteiger charge is -2.08. The van der Waals surface area contributed by atoms with Gasteiger partial charge in [-0.05, 0) is 23.4 Å². The molecule has 0 fully saturated rings. The standard InChI is InChI=1S/C14H14N4O2/c15-18-17-9-3-8-16-14(20)12-7-6-10-4-1-2-5-11(10)13(12)19/h1-2,4-7,19H,3,8-9H2,(H,16,20). The van der Waals surface area contributed by atoms with E-state index in [2.05, 4.69) is 15.3 Å². The number of hydrogen-bond donors (Lipinski definition) is 2. The average molecular weight is 270 g/mol. The van der Waals surface area contributed by atoms with E-state index in [0.29, 0.717) is 24.9 Å². The summed E-state index contributed by atoms with van der Waals surface area (Å²) in [6.07, 6.45) is 0.560. The highest BCUT2D eigenvalue weighted by atomic mass is 16.3. The number of aromatic hydroxyl groups is 1. The van der Waals surface area contributed by atoms with Crippen LogP contribution in [0, 0.1) is 0 Å². The van der Waals surface area contributed by atoms with Crippen LogP contribution >= 0.6 is 0 Å². The zero-order valence-corrected chi connectivity index (χ0v) is 10.8. The molecule has 0 atom stereocenters. The summed E-state index contributed by atoms with van der Waals surface area (Å²) in [5.74, 6) is -0.357. The summed E-state index contributed by atoms with van der Waals surface area (Å²) in [4.78, 5) is 14.6. The van der Waals surface area contributed by atoms with E-state index in [1.165, 1.54) is 0 Å². The number of hydrogen-bond acceptors (Lipinski definition) is 3. The third-order valence-corrected chi connectivity index (χ3v) is 2.93. The zero-order chi connectivity index (χ0) is 14.4. The van der Waals surface area contributed by atoms with E-state index in [0.717, 1.165) is 5.39 Å². The van der Waals surface area contributed by atoms with E-state index in [1.54, 1.807) is 18.2 Å². The predicted octanol–water partition coefficient (Wildman–Crippen LogP) is 2.98. The van der Waals surface area contributed by atoms with E-state index in [4.69, 9.17) is 5.53 Å². The van der Waals surface area contributed by atoms with Crippen molar-refractivity contribution in [2.45, 2.75) is 6.42 Å². The lowest BCUT2D eigenvalue weighted by molar-refractivity contribution is 0.0951. The van der Waals surface area contributed by atoms with Crippen LogP contribution in [0.1, 0.15) is 16.8 Å². The second-order valence-corrected chi connectivity index (χ2v) is 4.25. The number of amides is 1. The number of phenolic OH excluding ortho intramolecular Hbond substituents is 1. The Kier molecular flexibility index (Phi) is 4.42. The number of azide groups is 1. The molecule has 6 heteroatoms. The molecule has 2 N–H and O–H groups in total. The Labute approximate surface area is 115 Å². The smallest absolute Gasteiger partial charge is 0.255 e. The van der Waals surface area contributed by atoms with Crippen LogP contribution in [0.4, 0.5) is 0 Å². The van der Waals surface area contributed by atoms with E-state index in [-0.39, 0.29) is 17.2 Å². The third-order valence-electron chi connectivity index (χ3n) is 2.93. The van der Waals surface area contributed by atoms with Gasteiger partial charge in [0.25, 0.3) is 5.91 Å². The lowest BCUT2D eigenvalue weighted by Crippen LogP contribution is -2.24. The predicted molar refractivity (Wildman–Crippen MR) is 76.6 cm³/mol. The number of nitrogens with zero attached hydrogens (tertiary/aromatic N) is 3. The van der Waals surface area contributed by atoms with E-state index in [1.807, 2.05) is 18.2 Å². The highest BCUT2D eigenvalue weighted by molar-refractivity contribution is 6.03. The molecule has 0 saturated heterocycles. The molecule has 0 bridgehead atoms. The highest BCUT2D eigenvalue weighted by Gasteiger charge is 2.12. The SMILES string of the molecule is [N-]=[N+]=NCCCNC(=O)c1ccc2ccccc2c1O. The van der Waals surface area contributed by atoms with Crippen molar-refractivity contribution in [2.75, 3.05) is 13.1 Å². The van der Waals surface area contributed by atoms with Gasteiger partial charge in [-0.25, -0.2) is 0 Å². The van der Waals surface area contributed by atoms with E-state index < -0.39 is 0 Å². The van der Waals surface area contributed by atoms with Crippen molar-refractivity contribution in [1.29, 1.82) is 0 Å². The molecular weight excluding hydrogens is 256 g/mol. The van der Waals surface area contributed by atoms with Crippen molar-refractivity contribution in [3.05, 3.63) is 52.4 Å². The summed E-state index contributed by atoms with van der Waals surface area (Å²) in [5, 5.41) is 17.7. The van der Waals surface area contributed by atoms with Crippen molar-refractivity contribution >= 4 is 16.7 Å². The van der Waals surface area contributed by atoms with Crippen LogP contribution in [-0.2, 0) is 0 Å². The average Bonchev–Trinajstić information content (AvgIpc) is 2.47. The van der Waals surface area contributed by atoms with Crippen molar-refractivity contribution in [1.82, 2.24) is 5.32 Å². The highest BCUT2D eigenvalue weighted by Crippen LogP contribution is 2.28. The third kappa shape index (κ3) is 2.99. The summed E-state index contributed by atoms with van der Waals surface area (Å²) in [6.45, 7) is 0.727. The second-order valence-electron chi connectivity index (χ2n) is 4.25. The van der Waals surface area contributed by atoms with Gasteiger partial charge in [0.1, 0.15) is 5.75 Å². The van der Waals surface area contributed by atoms with Crippen LogP contribution < -0.4 is 5.32 Å². The number of fused-ring (bicyclic) bond motifs is 1. The molecule has 102 valence electrons. The molecule has 0 aliphatic carbocycles. The Morgan fingerprint density at radius 1 is 1.30 bits per heavy atom. The first kappa shape index (κ1) is 13.7. The number of nitrogens with one attached hydrogen (secondary N) is 1. The summed E-state index contributed by atoms with van der Waals surface area (Å²) >= 11 is 0. The van der Waals surface area contributed by atoms with Gasteiger partial charge in [-0.1, -0.05) is 35.4 Å². The van der Waals surface area contributed by atoms with Crippen molar-refractivity contribution in [2.24, 2.45) is 5.11 Å². The monoisotopic (exact) mass is 270 g/mol. The van der Waals surface area contributed by atoms with Crippen LogP contribution in [0.2, 0.25) is 0 Å². The number of phenols is 1. The Morgan fingerprint density at radius 2 is 2.10 bits per heavy atom. The maximum atomic E-state index is 12.0. The number of rotatable bonds is 5. The van der Waals surface area contributed by atoms with Gasteiger partial charge in [0.05, 0.1) is 5.56 Å². The Hall–Kier alpha value is -2.72. The summed E-state index contributed by atoms with van der Waals surface area (Å²) in [5.41, 5.74) is 8.37. The van der Waals surface area contributed by atoms with Crippen molar-refractivity contribution in [3.8, 4) is 5.75 Å². The topological polar surface area (TPSA) is 98.1 Å². The molecule has 0 spiro atoms. The first-order chi connectivity index (χ1) is 9.74. The minimum atomic E-state index is -0.339. The Bertz CT molecular complexity index is 678. The van der Waals surface area contributed by atoms with Crippen molar-refractivity contribution in [3.63, 3.8) is 0 Å². The fourth-order valence-electron chi connectivity index (χ4n) is 1.93. The molecule has 0 aliphatic heterocycles. The number of carbonyl (C=O) groups is 1. The van der Waals surface area contributed by atoms with Gasteiger partial charge >= 0.3 is 0 Å². The summed E-state index contributed by atoms with van der Waals surface area (Å²) in [7, 11) is 0. The minimum Gasteiger partial charge on any atom is -0.506 e. The van der Waals surface area contributed by atoms with E-state index >= 15 is 0 Å². The molecule has 1 amide bonds. The molecule has 0 heterocycles. The van der Waals surface area contributed by atoms with Gasteiger partial charge in [0.15, 0.2) is 0 Å². The fraction of sp³-hybridized carbons (Fsp3) is 0.214. The molecular formula is C14H14N4O2. The van der Waals surface area contributed by atoms with Crippen LogP contribution in [0.5, 0.6) is 5.75 Å². The molecule has 0 aromatic heterocycles.